The highest BCUT2D eigenvalue weighted by molar-refractivity contribution is 9.10. The maximum absolute atomic E-state index is 12.2. The fourth-order valence-electron chi connectivity index (χ4n) is 1.67. The van der Waals surface area contributed by atoms with E-state index in [0.717, 1.165) is 10.9 Å². The first-order valence-corrected chi connectivity index (χ1v) is 8.57. The number of benzene rings is 2. The molecule has 0 aliphatic heterocycles. The van der Waals surface area contributed by atoms with E-state index in [1.807, 2.05) is 6.92 Å². The molecule has 0 saturated carbocycles. The van der Waals surface area contributed by atoms with E-state index >= 15 is 0 Å². The number of hydrogen-bond donors (Lipinski definition) is 0. The minimum Gasteiger partial charge on any atom is -0.492 e. The van der Waals surface area contributed by atoms with Crippen LogP contribution in [0.15, 0.2) is 45.3 Å². The Morgan fingerprint density at radius 2 is 1.86 bits per heavy atom. The Bertz CT molecular complexity index is 689. The molecule has 0 aromatic heterocycles. The number of ether oxygens (including phenoxy) is 2. The SMILES string of the molecule is CCCOc1ccc(C(=O)Oc2ccc(Br)cc2Cl)cc1Br. The second-order valence-electron chi connectivity index (χ2n) is 4.46. The molecule has 0 aliphatic carbocycles. The van der Waals surface area contributed by atoms with Gasteiger partial charge in [-0.25, -0.2) is 4.79 Å². The van der Waals surface area contributed by atoms with Crippen molar-refractivity contribution in [2.45, 2.75) is 13.3 Å². The molecule has 2 aromatic rings. The third-order valence-electron chi connectivity index (χ3n) is 2.73. The van der Waals surface area contributed by atoms with Gasteiger partial charge in [-0.2, -0.15) is 0 Å². The highest BCUT2D eigenvalue weighted by Crippen LogP contribution is 2.30. The van der Waals surface area contributed by atoms with E-state index in [1.54, 1.807) is 36.4 Å². The zero-order chi connectivity index (χ0) is 16.1. The van der Waals surface area contributed by atoms with Crippen LogP contribution in [0.4, 0.5) is 0 Å². The van der Waals surface area contributed by atoms with Crippen LogP contribution in [0.25, 0.3) is 0 Å². The standard InChI is InChI=1S/C16H13Br2ClO3/c1-2-7-21-14-5-3-10(8-12(14)18)16(20)22-15-6-4-11(17)9-13(15)19/h3-6,8-9H,2,7H2,1H3. The molecule has 3 nitrogen and oxygen atoms in total. The maximum Gasteiger partial charge on any atom is 0.343 e. The van der Waals surface area contributed by atoms with Crippen LogP contribution in [0.5, 0.6) is 11.5 Å². The summed E-state index contributed by atoms with van der Waals surface area (Å²) in [7, 11) is 0. The molecule has 0 aliphatic rings. The molecule has 0 unspecified atom stereocenters. The summed E-state index contributed by atoms with van der Waals surface area (Å²) in [6, 6.07) is 10.1. The highest BCUT2D eigenvalue weighted by Gasteiger charge is 2.13. The van der Waals surface area contributed by atoms with Crippen molar-refractivity contribution in [1.82, 2.24) is 0 Å². The lowest BCUT2D eigenvalue weighted by atomic mass is 10.2. The highest BCUT2D eigenvalue weighted by atomic mass is 79.9. The van der Waals surface area contributed by atoms with Crippen molar-refractivity contribution in [2.24, 2.45) is 0 Å². The Hall–Kier alpha value is -1.04. The molecule has 0 atom stereocenters. The van der Waals surface area contributed by atoms with Gasteiger partial charge in [-0.05, 0) is 58.7 Å². The van der Waals surface area contributed by atoms with Crippen molar-refractivity contribution in [2.75, 3.05) is 6.61 Å². The van der Waals surface area contributed by atoms with E-state index in [2.05, 4.69) is 31.9 Å². The minimum absolute atomic E-state index is 0.317. The van der Waals surface area contributed by atoms with Gasteiger partial charge in [0.05, 0.1) is 21.7 Å². The molecule has 0 amide bonds. The van der Waals surface area contributed by atoms with Gasteiger partial charge in [-0.15, -0.1) is 0 Å². The first-order valence-electron chi connectivity index (χ1n) is 6.61. The van der Waals surface area contributed by atoms with Gasteiger partial charge in [0.25, 0.3) is 0 Å². The van der Waals surface area contributed by atoms with Crippen LogP contribution in [0.1, 0.15) is 23.7 Å². The quantitative estimate of drug-likeness (QED) is 0.424. The molecule has 0 spiro atoms. The molecule has 116 valence electrons. The summed E-state index contributed by atoms with van der Waals surface area (Å²) in [6.45, 7) is 2.65. The maximum atomic E-state index is 12.2. The van der Waals surface area contributed by atoms with Crippen molar-refractivity contribution in [1.29, 1.82) is 0 Å². The fourth-order valence-corrected chi connectivity index (χ4v) is 2.88. The normalized spacial score (nSPS) is 10.4. The van der Waals surface area contributed by atoms with Crippen LogP contribution >= 0.6 is 43.5 Å². The van der Waals surface area contributed by atoms with E-state index in [-0.39, 0.29) is 0 Å². The van der Waals surface area contributed by atoms with Crippen LogP contribution in [0.2, 0.25) is 5.02 Å². The van der Waals surface area contributed by atoms with Gasteiger partial charge in [0, 0.05) is 4.47 Å². The Morgan fingerprint density at radius 1 is 1.14 bits per heavy atom. The number of esters is 1. The molecule has 2 aromatic carbocycles. The van der Waals surface area contributed by atoms with E-state index in [9.17, 15) is 4.79 Å². The lowest BCUT2D eigenvalue weighted by Gasteiger charge is -2.09. The third-order valence-corrected chi connectivity index (χ3v) is 4.13. The Kier molecular flexibility index (Phi) is 6.29. The van der Waals surface area contributed by atoms with Gasteiger partial charge in [-0.3, -0.25) is 0 Å². The van der Waals surface area contributed by atoms with Gasteiger partial charge in [0.1, 0.15) is 11.5 Å². The molecular weight excluding hydrogens is 435 g/mol. The number of carbonyl (C=O) groups is 1. The van der Waals surface area contributed by atoms with Crippen molar-refractivity contribution in [3.8, 4) is 11.5 Å². The Morgan fingerprint density at radius 3 is 2.50 bits per heavy atom. The molecule has 0 N–H and O–H groups in total. The molecule has 6 heteroatoms. The molecule has 2 rings (SSSR count). The lowest BCUT2D eigenvalue weighted by molar-refractivity contribution is 0.0734. The molecule has 0 radical (unpaired) electrons. The molecule has 0 fully saturated rings. The summed E-state index contributed by atoms with van der Waals surface area (Å²) in [5.74, 6) is 0.532. The predicted molar refractivity (Wildman–Crippen MR) is 94.0 cm³/mol. The van der Waals surface area contributed by atoms with E-state index < -0.39 is 5.97 Å². The zero-order valence-corrected chi connectivity index (χ0v) is 15.7. The summed E-state index contributed by atoms with van der Waals surface area (Å²) in [5, 5.41) is 0.365. The van der Waals surface area contributed by atoms with Crippen LogP contribution in [0, 0.1) is 0 Å². The smallest absolute Gasteiger partial charge is 0.343 e. The van der Waals surface area contributed by atoms with Crippen LogP contribution < -0.4 is 9.47 Å². The predicted octanol–water partition coefficient (Wildman–Crippen LogP) is 5.87. The largest absolute Gasteiger partial charge is 0.492 e. The average Bonchev–Trinajstić information content (AvgIpc) is 2.48. The summed E-state index contributed by atoms with van der Waals surface area (Å²) in [6.07, 6.45) is 0.915. The Labute approximate surface area is 150 Å². The van der Waals surface area contributed by atoms with Gasteiger partial charge in [-0.1, -0.05) is 34.5 Å². The van der Waals surface area contributed by atoms with Crippen LogP contribution in [-0.2, 0) is 0 Å². The summed E-state index contributed by atoms with van der Waals surface area (Å²) in [5.41, 5.74) is 0.412. The van der Waals surface area contributed by atoms with Gasteiger partial charge >= 0.3 is 5.97 Å². The topological polar surface area (TPSA) is 35.5 Å². The van der Waals surface area contributed by atoms with Gasteiger partial charge < -0.3 is 9.47 Å². The monoisotopic (exact) mass is 446 g/mol. The number of hydrogen-bond acceptors (Lipinski definition) is 3. The van der Waals surface area contributed by atoms with Crippen molar-refractivity contribution in [3.05, 3.63) is 55.9 Å². The van der Waals surface area contributed by atoms with E-state index in [4.69, 9.17) is 21.1 Å². The summed E-state index contributed by atoms with van der Waals surface area (Å²) >= 11 is 12.7. The fraction of sp³-hybridized carbons (Fsp3) is 0.188. The lowest BCUT2D eigenvalue weighted by Crippen LogP contribution is -2.09. The minimum atomic E-state index is -0.480. The first kappa shape index (κ1) is 17.3. The average molecular weight is 449 g/mol. The second kappa shape index (κ2) is 7.99. The zero-order valence-electron chi connectivity index (χ0n) is 11.7. The Balaban J connectivity index is 2.14. The van der Waals surface area contributed by atoms with E-state index in [1.165, 1.54) is 0 Å². The third kappa shape index (κ3) is 4.48. The second-order valence-corrected chi connectivity index (χ2v) is 6.64. The van der Waals surface area contributed by atoms with Crippen LogP contribution in [0.3, 0.4) is 0 Å². The van der Waals surface area contributed by atoms with Gasteiger partial charge in [0.15, 0.2) is 0 Å². The molecule has 0 bridgehead atoms. The number of halogens is 3. The number of rotatable bonds is 5. The number of carbonyl (C=O) groups excluding carboxylic acids is 1. The summed E-state index contributed by atoms with van der Waals surface area (Å²) in [4.78, 5) is 12.2. The molecule has 22 heavy (non-hydrogen) atoms. The van der Waals surface area contributed by atoms with Crippen molar-refractivity contribution < 1.29 is 14.3 Å². The van der Waals surface area contributed by atoms with E-state index in [0.29, 0.717) is 33.2 Å². The molecule has 0 heterocycles. The summed E-state index contributed by atoms with van der Waals surface area (Å²) < 4.78 is 12.4. The van der Waals surface area contributed by atoms with Crippen molar-refractivity contribution >= 4 is 49.4 Å². The molecular formula is C16H13Br2ClO3. The molecule has 0 saturated heterocycles. The van der Waals surface area contributed by atoms with Crippen molar-refractivity contribution in [3.63, 3.8) is 0 Å². The van der Waals surface area contributed by atoms with Gasteiger partial charge in [0.2, 0.25) is 0 Å². The van der Waals surface area contributed by atoms with Crippen LogP contribution in [-0.4, -0.2) is 12.6 Å². The first-order chi connectivity index (χ1) is 10.5.